The summed E-state index contributed by atoms with van der Waals surface area (Å²) < 4.78 is 11.0. The third-order valence-corrected chi connectivity index (χ3v) is 5.12. The summed E-state index contributed by atoms with van der Waals surface area (Å²) in [4.78, 5) is 25.8. The van der Waals surface area contributed by atoms with Crippen LogP contribution in [0.3, 0.4) is 0 Å². The van der Waals surface area contributed by atoms with Gasteiger partial charge in [-0.25, -0.2) is 19.7 Å². The fraction of sp³-hybridized carbons (Fsp3) is 0.182. The van der Waals surface area contributed by atoms with E-state index in [1.807, 2.05) is 62.4 Å². The molecule has 0 amide bonds. The first kappa shape index (κ1) is 19.1. The number of hydrogen-bond donors (Lipinski definition) is 0. The normalized spacial score (nSPS) is 11.0. The van der Waals surface area contributed by atoms with E-state index in [4.69, 9.17) is 9.15 Å². The van der Waals surface area contributed by atoms with E-state index in [1.54, 1.807) is 6.07 Å². The van der Waals surface area contributed by atoms with Gasteiger partial charge in [0.25, 0.3) is 0 Å². The summed E-state index contributed by atoms with van der Waals surface area (Å²) in [6, 6.07) is 16.7. The Kier molecular flexibility index (Phi) is 5.57. The zero-order valence-electron chi connectivity index (χ0n) is 16.1. The minimum absolute atomic E-state index is 0.0187. The van der Waals surface area contributed by atoms with Gasteiger partial charge in [-0.1, -0.05) is 42.1 Å². The van der Waals surface area contributed by atoms with Crippen LogP contribution in [0.5, 0.6) is 0 Å². The van der Waals surface area contributed by atoms with Crippen LogP contribution < -0.4 is 0 Å². The number of benzene rings is 2. The molecule has 0 aliphatic rings. The molecule has 0 fully saturated rings. The number of thioether (sulfide) groups is 1. The number of hydrogen-bond acceptors (Lipinski definition) is 7. The number of nitrogens with zero attached hydrogens (tertiary/aromatic N) is 3. The lowest BCUT2D eigenvalue weighted by molar-refractivity contribution is 0.0439. The number of esters is 1. The molecule has 0 saturated carbocycles. The summed E-state index contributed by atoms with van der Waals surface area (Å²) in [7, 11) is 0. The molecule has 0 spiro atoms. The third kappa shape index (κ3) is 4.63. The minimum atomic E-state index is -0.412. The van der Waals surface area contributed by atoms with Crippen LogP contribution in [0.15, 0.2) is 64.2 Å². The zero-order chi connectivity index (χ0) is 20.2. The molecule has 29 heavy (non-hydrogen) atoms. The lowest BCUT2D eigenvalue weighted by atomic mass is 10.1. The molecule has 7 heteroatoms. The van der Waals surface area contributed by atoms with E-state index < -0.39 is 5.97 Å². The second kappa shape index (κ2) is 8.45. The number of aromatic nitrogens is 3. The number of rotatable bonds is 6. The second-order valence-corrected chi connectivity index (χ2v) is 7.47. The molecule has 0 atom stereocenters. The highest BCUT2D eigenvalue weighted by molar-refractivity contribution is 7.98. The maximum absolute atomic E-state index is 12.6. The maximum atomic E-state index is 12.6. The summed E-state index contributed by atoms with van der Waals surface area (Å²) in [6.07, 6.45) is 0. The van der Waals surface area contributed by atoms with Gasteiger partial charge in [-0.15, -0.1) is 0 Å². The first-order valence-electron chi connectivity index (χ1n) is 9.13. The van der Waals surface area contributed by atoms with Crippen molar-refractivity contribution in [1.82, 2.24) is 15.0 Å². The van der Waals surface area contributed by atoms with Crippen molar-refractivity contribution >= 4 is 28.8 Å². The Morgan fingerprint density at radius 1 is 1.00 bits per heavy atom. The smallest absolute Gasteiger partial charge is 0.338 e. The third-order valence-electron chi connectivity index (χ3n) is 4.22. The Morgan fingerprint density at radius 3 is 2.52 bits per heavy atom. The van der Waals surface area contributed by atoms with Crippen molar-refractivity contribution in [3.05, 3.63) is 83.0 Å². The molecule has 0 unspecified atom stereocenters. The molecule has 0 radical (unpaired) electrons. The van der Waals surface area contributed by atoms with Gasteiger partial charge in [0.15, 0.2) is 17.3 Å². The van der Waals surface area contributed by atoms with Gasteiger partial charge in [0.05, 0.1) is 5.56 Å². The summed E-state index contributed by atoms with van der Waals surface area (Å²) in [5, 5.41) is 0.692. The monoisotopic (exact) mass is 405 g/mol. The fourth-order valence-corrected chi connectivity index (χ4v) is 3.89. The molecular weight excluding hydrogens is 386 g/mol. The van der Waals surface area contributed by atoms with Gasteiger partial charge in [0.2, 0.25) is 5.89 Å². The first-order valence-corrected chi connectivity index (χ1v) is 10.1. The van der Waals surface area contributed by atoms with Crippen molar-refractivity contribution in [1.29, 1.82) is 0 Å². The molecule has 0 saturated heterocycles. The van der Waals surface area contributed by atoms with Crippen LogP contribution in [0.4, 0.5) is 0 Å². The molecule has 0 aliphatic carbocycles. The number of fused-ring (bicyclic) bond motifs is 1. The summed E-state index contributed by atoms with van der Waals surface area (Å²) in [6.45, 7) is 3.86. The molecule has 0 bridgehead atoms. The number of para-hydroxylation sites is 2. The van der Waals surface area contributed by atoms with E-state index >= 15 is 0 Å². The number of aryl methyl sites for hydroxylation is 2. The molecule has 2 heterocycles. The molecule has 4 aromatic rings. The van der Waals surface area contributed by atoms with Gasteiger partial charge in [-0.05, 0) is 43.7 Å². The highest BCUT2D eigenvalue weighted by Gasteiger charge is 2.15. The Balaban J connectivity index is 1.44. The molecule has 2 aromatic heterocycles. The Hall–Kier alpha value is -3.19. The Bertz CT molecular complexity index is 1120. The molecule has 2 aromatic carbocycles. The summed E-state index contributed by atoms with van der Waals surface area (Å²) in [5.41, 5.74) is 4.63. The van der Waals surface area contributed by atoms with Crippen LogP contribution in [-0.2, 0) is 17.1 Å². The van der Waals surface area contributed by atoms with Crippen LogP contribution in [0.25, 0.3) is 11.1 Å². The van der Waals surface area contributed by atoms with E-state index in [1.165, 1.54) is 11.8 Å². The average molecular weight is 405 g/mol. The predicted molar refractivity (Wildman–Crippen MR) is 111 cm³/mol. The number of oxazole rings is 1. The van der Waals surface area contributed by atoms with Crippen molar-refractivity contribution in [3.8, 4) is 0 Å². The maximum Gasteiger partial charge on any atom is 0.338 e. The van der Waals surface area contributed by atoms with Crippen LogP contribution in [0.2, 0.25) is 0 Å². The topological polar surface area (TPSA) is 78.1 Å². The fourth-order valence-electron chi connectivity index (χ4n) is 2.93. The average Bonchev–Trinajstić information content (AvgIpc) is 3.13. The Labute approximate surface area is 172 Å². The van der Waals surface area contributed by atoms with Gasteiger partial charge >= 0.3 is 5.97 Å². The second-order valence-electron chi connectivity index (χ2n) is 6.53. The predicted octanol–water partition coefficient (Wildman–Crippen LogP) is 4.88. The number of carbonyl (C=O) groups is 1. The van der Waals surface area contributed by atoms with Gasteiger partial charge < -0.3 is 9.15 Å². The SMILES string of the molecule is Cc1cc(C)nc(SCc2ccccc2C(=O)OCc2nc3ccccc3o2)n1. The Morgan fingerprint density at radius 2 is 1.72 bits per heavy atom. The molecule has 4 rings (SSSR count). The quantitative estimate of drug-likeness (QED) is 0.257. The largest absolute Gasteiger partial charge is 0.452 e. The minimum Gasteiger partial charge on any atom is -0.452 e. The zero-order valence-corrected chi connectivity index (χ0v) is 16.9. The van der Waals surface area contributed by atoms with Gasteiger partial charge in [0, 0.05) is 17.1 Å². The van der Waals surface area contributed by atoms with Gasteiger partial charge in [0.1, 0.15) is 5.52 Å². The highest BCUT2D eigenvalue weighted by atomic mass is 32.2. The summed E-state index contributed by atoms with van der Waals surface area (Å²) >= 11 is 1.49. The van der Waals surface area contributed by atoms with Crippen molar-refractivity contribution in [2.24, 2.45) is 0 Å². The van der Waals surface area contributed by atoms with E-state index in [2.05, 4.69) is 15.0 Å². The van der Waals surface area contributed by atoms with E-state index in [9.17, 15) is 4.79 Å². The lowest BCUT2D eigenvalue weighted by Gasteiger charge is -2.09. The van der Waals surface area contributed by atoms with Crippen molar-refractivity contribution < 1.29 is 13.9 Å². The molecule has 6 nitrogen and oxygen atoms in total. The van der Waals surface area contributed by atoms with Crippen LogP contribution in [-0.4, -0.2) is 20.9 Å². The van der Waals surface area contributed by atoms with Crippen molar-refractivity contribution in [2.75, 3.05) is 0 Å². The number of carbonyl (C=O) groups excluding carboxylic acids is 1. The first-order chi connectivity index (χ1) is 14.1. The van der Waals surface area contributed by atoms with Gasteiger partial charge in [-0.3, -0.25) is 0 Å². The van der Waals surface area contributed by atoms with E-state index in [0.717, 1.165) is 22.5 Å². The van der Waals surface area contributed by atoms with Crippen LogP contribution in [0.1, 0.15) is 33.2 Å². The van der Waals surface area contributed by atoms with Gasteiger partial charge in [-0.2, -0.15) is 0 Å². The molecule has 146 valence electrons. The molecular formula is C22H19N3O3S. The molecule has 0 N–H and O–H groups in total. The summed E-state index contributed by atoms with van der Waals surface area (Å²) in [5.74, 6) is 0.525. The lowest BCUT2D eigenvalue weighted by Crippen LogP contribution is -2.08. The number of ether oxygens (including phenoxy) is 1. The highest BCUT2D eigenvalue weighted by Crippen LogP contribution is 2.23. The standard InChI is InChI=1S/C22H19N3O3S/c1-14-11-15(2)24-22(23-14)29-13-16-7-3-4-8-17(16)21(26)27-12-20-25-18-9-5-6-10-19(18)28-20/h3-11H,12-13H2,1-2H3. The molecule has 0 aliphatic heterocycles. The van der Waals surface area contributed by atoms with Crippen molar-refractivity contribution in [2.45, 2.75) is 31.4 Å². The van der Waals surface area contributed by atoms with Crippen LogP contribution >= 0.6 is 11.8 Å². The van der Waals surface area contributed by atoms with Crippen molar-refractivity contribution in [3.63, 3.8) is 0 Å². The van der Waals surface area contributed by atoms with E-state index in [-0.39, 0.29) is 6.61 Å². The van der Waals surface area contributed by atoms with E-state index in [0.29, 0.717) is 27.9 Å². The van der Waals surface area contributed by atoms with Crippen LogP contribution in [0, 0.1) is 13.8 Å².